The molecule has 0 bridgehead atoms. The molecule has 4 aliphatic heterocycles. The number of nitrogens with one attached hydrogen (secondary N) is 1. The Hall–Kier alpha value is -3.30. The Bertz CT molecular complexity index is 1050. The number of ether oxygens (including phenoxy) is 2. The maximum absolute atomic E-state index is 13.1. The SMILES string of the molecule is CC(C)(C)OC(=O)N1CCN2c3cc4c(cc3OCC2C1)C(=O)N(C1CCC(=O)NC1=O)C4. The third-order valence-electron chi connectivity index (χ3n) is 6.48. The summed E-state index contributed by atoms with van der Waals surface area (Å²) >= 11 is 0. The van der Waals surface area contributed by atoms with Crippen LogP contribution in [0.2, 0.25) is 0 Å². The van der Waals surface area contributed by atoms with E-state index in [1.54, 1.807) is 11.0 Å². The molecule has 2 saturated heterocycles. The Morgan fingerprint density at radius 3 is 2.67 bits per heavy atom. The molecule has 1 aromatic carbocycles. The van der Waals surface area contributed by atoms with Crippen LogP contribution in [0, 0.1) is 0 Å². The smallest absolute Gasteiger partial charge is 0.410 e. The lowest BCUT2D eigenvalue weighted by Gasteiger charge is -2.45. The molecule has 2 fully saturated rings. The second-order valence-corrected chi connectivity index (χ2v) is 9.96. The number of hydrogen-bond acceptors (Lipinski definition) is 7. The Balaban J connectivity index is 1.34. The van der Waals surface area contributed by atoms with Crippen molar-refractivity contribution in [1.82, 2.24) is 15.1 Å². The first-order chi connectivity index (χ1) is 15.6. The number of amides is 4. The van der Waals surface area contributed by atoms with Crippen LogP contribution in [0.15, 0.2) is 12.1 Å². The molecular weight excluding hydrogens is 428 g/mol. The number of fused-ring (bicyclic) bond motifs is 4. The number of imide groups is 1. The molecule has 1 aromatic rings. The average Bonchev–Trinajstić information content (AvgIpc) is 3.06. The van der Waals surface area contributed by atoms with E-state index in [1.807, 2.05) is 26.8 Å². The lowest BCUT2D eigenvalue weighted by molar-refractivity contribution is -0.136. The number of rotatable bonds is 1. The van der Waals surface area contributed by atoms with Crippen molar-refractivity contribution in [1.29, 1.82) is 0 Å². The van der Waals surface area contributed by atoms with Gasteiger partial charge in [0, 0.05) is 38.2 Å². The van der Waals surface area contributed by atoms with Crippen LogP contribution in [0.3, 0.4) is 0 Å². The fraction of sp³-hybridized carbons (Fsp3) is 0.565. The lowest BCUT2D eigenvalue weighted by Crippen LogP contribution is -2.59. The standard InChI is InChI=1S/C23H28N4O6/c1-23(2,3)33-22(31)25-6-7-26-14(11-25)12-32-18-9-15-13(8-17(18)26)10-27(21(15)30)16-4-5-19(28)24-20(16)29/h8-9,14,16H,4-7,10-12H2,1-3H3,(H,24,28,29). The molecule has 0 aliphatic carbocycles. The van der Waals surface area contributed by atoms with Crippen molar-refractivity contribution in [3.8, 4) is 5.75 Å². The third-order valence-corrected chi connectivity index (χ3v) is 6.48. The second-order valence-electron chi connectivity index (χ2n) is 9.96. The van der Waals surface area contributed by atoms with E-state index >= 15 is 0 Å². The Kier molecular flexibility index (Phi) is 4.98. The summed E-state index contributed by atoms with van der Waals surface area (Å²) in [7, 11) is 0. The van der Waals surface area contributed by atoms with Crippen molar-refractivity contribution < 1.29 is 28.7 Å². The van der Waals surface area contributed by atoms with Crippen LogP contribution in [0.4, 0.5) is 10.5 Å². The van der Waals surface area contributed by atoms with E-state index in [2.05, 4.69) is 10.2 Å². The molecule has 0 aromatic heterocycles. The van der Waals surface area contributed by atoms with Gasteiger partial charge < -0.3 is 24.2 Å². The highest BCUT2D eigenvalue weighted by Gasteiger charge is 2.42. The molecule has 176 valence electrons. The molecule has 1 N–H and O–H groups in total. The van der Waals surface area contributed by atoms with Crippen LogP contribution in [-0.2, 0) is 20.9 Å². The number of piperazine rings is 1. The predicted octanol–water partition coefficient (Wildman–Crippen LogP) is 1.27. The van der Waals surface area contributed by atoms with Crippen molar-refractivity contribution in [2.24, 2.45) is 0 Å². The van der Waals surface area contributed by atoms with Gasteiger partial charge in [-0.1, -0.05) is 0 Å². The maximum Gasteiger partial charge on any atom is 0.410 e. The quantitative estimate of drug-likeness (QED) is 0.634. The first kappa shape index (κ1) is 21.5. The van der Waals surface area contributed by atoms with Crippen molar-refractivity contribution in [2.75, 3.05) is 31.1 Å². The largest absolute Gasteiger partial charge is 0.489 e. The van der Waals surface area contributed by atoms with Crippen molar-refractivity contribution in [2.45, 2.75) is 57.8 Å². The fourth-order valence-electron chi connectivity index (χ4n) is 4.92. The molecule has 2 atom stereocenters. The monoisotopic (exact) mass is 456 g/mol. The van der Waals surface area contributed by atoms with E-state index in [-0.39, 0.29) is 30.4 Å². The van der Waals surface area contributed by atoms with Crippen LogP contribution in [0.5, 0.6) is 5.75 Å². The molecule has 0 saturated carbocycles. The van der Waals surface area contributed by atoms with E-state index in [9.17, 15) is 19.2 Å². The number of benzene rings is 1. The molecule has 10 heteroatoms. The number of hydrogen-bond donors (Lipinski definition) is 1. The zero-order valence-electron chi connectivity index (χ0n) is 19.1. The van der Waals surface area contributed by atoms with Crippen LogP contribution >= 0.6 is 0 Å². The lowest BCUT2D eigenvalue weighted by atomic mass is 10.0. The van der Waals surface area contributed by atoms with E-state index in [0.29, 0.717) is 50.5 Å². The summed E-state index contributed by atoms with van der Waals surface area (Å²) in [4.78, 5) is 54.8. The summed E-state index contributed by atoms with van der Waals surface area (Å²) in [5, 5.41) is 2.33. The second kappa shape index (κ2) is 7.64. The van der Waals surface area contributed by atoms with Gasteiger partial charge in [-0.15, -0.1) is 0 Å². The molecule has 10 nitrogen and oxygen atoms in total. The van der Waals surface area contributed by atoms with Gasteiger partial charge in [-0.25, -0.2) is 4.79 Å². The summed E-state index contributed by atoms with van der Waals surface area (Å²) in [6.45, 7) is 7.91. The molecule has 0 spiro atoms. The predicted molar refractivity (Wildman–Crippen MR) is 117 cm³/mol. The normalized spacial score (nSPS) is 24.6. The number of piperidine rings is 1. The molecule has 0 radical (unpaired) electrons. The zero-order valence-corrected chi connectivity index (χ0v) is 19.1. The minimum absolute atomic E-state index is 0.0137. The number of anilines is 1. The molecule has 2 unspecified atom stereocenters. The topological polar surface area (TPSA) is 108 Å². The highest BCUT2D eigenvalue weighted by Crippen LogP contribution is 2.41. The van der Waals surface area contributed by atoms with Gasteiger partial charge >= 0.3 is 6.09 Å². The first-order valence-electron chi connectivity index (χ1n) is 11.3. The van der Waals surface area contributed by atoms with E-state index < -0.39 is 17.6 Å². The Morgan fingerprint density at radius 1 is 1.15 bits per heavy atom. The van der Waals surface area contributed by atoms with Crippen LogP contribution in [0.25, 0.3) is 0 Å². The Morgan fingerprint density at radius 2 is 1.94 bits per heavy atom. The van der Waals surface area contributed by atoms with Crippen molar-refractivity contribution in [3.63, 3.8) is 0 Å². The summed E-state index contributed by atoms with van der Waals surface area (Å²) < 4.78 is 11.5. The summed E-state index contributed by atoms with van der Waals surface area (Å²) in [6, 6.07) is 3.06. The molecule has 33 heavy (non-hydrogen) atoms. The van der Waals surface area contributed by atoms with Crippen LogP contribution < -0.4 is 15.0 Å². The molecule has 5 rings (SSSR count). The number of nitrogens with zero attached hydrogens (tertiary/aromatic N) is 3. The van der Waals surface area contributed by atoms with Gasteiger partial charge in [0.25, 0.3) is 5.91 Å². The summed E-state index contributed by atoms with van der Waals surface area (Å²) in [5.74, 6) is -0.315. The minimum Gasteiger partial charge on any atom is -0.489 e. The first-order valence-corrected chi connectivity index (χ1v) is 11.3. The van der Waals surface area contributed by atoms with Gasteiger partial charge in [0.05, 0.1) is 11.7 Å². The molecule has 4 amide bonds. The summed E-state index contributed by atoms with van der Waals surface area (Å²) in [6.07, 6.45) is 0.224. The fourth-order valence-corrected chi connectivity index (χ4v) is 4.92. The number of carbonyl (C=O) groups excluding carboxylic acids is 4. The average molecular weight is 456 g/mol. The summed E-state index contributed by atoms with van der Waals surface area (Å²) in [5.41, 5.74) is 1.71. The van der Waals surface area contributed by atoms with E-state index in [4.69, 9.17) is 9.47 Å². The van der Waals surface area contributed by atoms with E-state index in [0.717, 1.165) is 11.3 Å². The highest BCUT2D eigenvalue weighted by molar-refractivity contribution is 6.05. The Labute approximate surface area is 191 Å². The zero-order chi connectivity index (χ0) is 23.5. The van der Waals surface area contributed by atoms with Gasteiger partial charge in [0.2, 0.25) is 11.8 Å². The number of carbonyl (C=O) groups is 4. The van der Waals surface area contributed by atoms with Crippen LogP contribution in [0.1, 0.15) is 49.5 Å². The van der Waals surface area contributed by atoms with Crippen molar-refractivity contribution >= 4 is 29.5 Å². The third kappa shape index (κ3) is 3.87. The van der Waals surface area contributed by atoms with Gasteiger partial charge in [-0.2, -0.15) is 0 Å². The van der Waals surface area contributed by atoms with E-state index in [1.165, 1.54) is 4.90 Å². The van der Waals surface area contributed by atoms with Gasteiger partial charge in [0.1, 0.15) is 24.0 Å². The minimum atomic E-state index is -0.648. The van der Waals surface area contributed by atoms with Gasteiger partial charge in [-0.3, -0.25) is 19.7 Å². The van der Waals surface area contributed by atoms with Crippen molar-refractivity contribution in [3.05, 3.63) is 23.3 Å². The van der Waals surface area contributed by atoms with Gasteiger partial charge in [-0.05, 0) is 44.9 Å². The molecule has 4 aliphatic rings. The van der Waals surface area contributed by atoms with Crippen LogP contribution in [-0.4, -0.2) is 77.5 Å². The molecule has 4 heterocycles. The maximum atomic E-state index is 13.1. The molecular formula is C23H28N4O6. The highest BCUT2D eigenvalue weighted by atomic mass is 16.6. The van der Waals surface area contributed by atoms with Gasteiger partial charge in [0.15, 0.2) is 0 Å².